The number of amides is 2. The van der Waals surface area contributed by atoms with Crippen molar-refractivity contribution in [3.05, 3.63) is 28.3 Å². The van der Waals surface area contributed by atoms with E-state index < -0.39 is 0 Å². The number of carbonyl (C=O) groups is 1. The number of hydrogen-bond acceptors (Lipinski definition) is 2. The molecular weight excluding hydrogens is 286 g/mol. The molecule has 1 aliphatic carbocycles. The van der Waals surface area contributed by atoms with Crippen LogP contribution in [0.15, 0.2) is 12.1 Å². The second-order valence-electron chi connectivity index (χ2n) is 6.11. The van der Waals surface area contributed by atoms with Crippen molar-refractivity contribution >= 4 is 23.3 Å². The van der Waals surface area contributed by atoms with Gasteiger partial charge in [-0.05, 0) is 43.9 Å². The molecule has 2 fully saturated rings. The number of halogens is 1. The first kappa shape index (κ1) is 14.5. The summed E-state index contributed by atoms with van der Waals surface area (Å²) < 4.78 is 0. The molecule has 0 spiro atoms. The molecule has 1 saturated heterocycles. The van der Waals surface area contributed by atoms with Crippen molar-refractivity contribution in [2.24, 2.45) is 0 Å². The summed E-state index contributed by atoms with van der Waals surface area (Å²) >= 11 is 6.41. The van der Waals surface area contributed by atoms with Crippen molar-refractivity contribution in [3.8, 4) is 0 Å². The van der Waals surface area contributed by atoms with Gasteiger partial charge in [0.2, 0.25) is 0 Å². The molecule has 1 aromatic rings. The topological polar surface area (TPSA) is 35.6 Å². The Balaban J connectivity index is 1.64. The lowest BCUT2D eigenvalue weighted by Gasteiger charge is -2.37. The standard InChI is InChI=1S/C16H22ClN3O/c1-11-9-12(2)15(14(17)10-11)19-5-7-20(8-6-19)16(21)18-13-3-4-13/h9-10,13H,3-8H2,1-2H3,(H,18,21). The molecule has 114 valence electrons. The Hall–Kier alpha value is -1.42. The van der Waals surface area contributed by atoms with E-state index in [-0.39, 0.29) is 6.03 Å². The highest BCUT2D eigenvalue weighted by atomic mass is 35.5. The molecule has 0 aromatic heterocycles. The highest BCUT2D eigenvalue weighted by molar-refractivity contribution is 6.33. The van der Waals surface area contributed by atoms with E-state index in [1.807, 2.05) is 11.0 Å². The molecule has 2 amide bonds. The molecule has 1 heterocycles. The van der Waals surface area contributed by atoms with Crippen molar-refractivity contribution in [2.45, 2.75) is 32.7 Å². The van der Waals surface area contributed by atoms with E-state index in [2.05, 4.69) is 30.1 Å². The molecular formula is C16H22ClN3O. The molecule has 1 aliphatic heterocycles. The van der Waals surface area contributed by atoms with E-state index in [9.17, 15) is 4.79 Å². The summed E-state index contributed by atoms with van der Waals surface area (Å²) in [7, 11) is 0. The Labute approximate surface area is 131 Å². The maximum absolute atomic E-state index is 12.0. The normalized spacial score (nSPS) is 18.8. The summed E-state index contributed by atoms with van der Waals surface area (Å²) in [6.07, 6.45) is 2.26. The Morgan fingerprint density at radius 3 is 2.43 bits per heavy atom. The van der Waals surface area contributed by atoms with Gasteiger partial charge in [-0.15, -0.1) is 0 Å². The third kappa shape index (κ3) is 3.26. The van der Waals surface area contributed by atoms with Crippen LogP contribution >= 0.6 is 11.6 Å². The number of nitrogens with one attached hydrogen (secondary N) is 1. The van der Waals surface area contributed by atoms with Crippen LogP contribution in [0.5, 0.6) is 0 Å². The van der Waals surface area contributed by atoms with Gasteiger partial charge >= 0.3 is 6.03 Å². The maximum atomic E-state index is 12.0. The quantitative estimate of drug-likeness (QED) is 0.912. The molecule has 0 bridgehead atoms. The van der Waals surface area contributed by atoms with Crippen LogP contribution in [0, 0.1) is 13.8 Å². The van der Waals surface area contributed by atoms with Gasteiger partial charge in [-0.3, -0.25) is 0 Å². The number of carbonyl (C=O) groups excluding carboxylic acids is 1. The zero-order valence-corrected chi connectivity index (χ0v) is 13.4. The summed E-state index contributed by atoms with van der Waals surface area (Å²) in [6, 6.07) is 4.68. The molecule has 0 radical (unpaired) electrons. The van der Waals surface area contributed by atoms with Crippen LogP contribution in [0.25, 0.3) is 0 Å². The lowest BCUT2D eigenvalue weighted by atomic mass is 10.1. The molecule has 4 nitrogen and oxygen atoms in total. The molecule has 2 aliphatic rings. The van der Waals surface area contributed by atoms with Gasteiger partial charge in [-0.2, -0.15) is 0 Å². The van der Waals surface area contributed by atoms with Gasteiger partial charge in [0.25, 0.3) is 0 Å². The second kappa shape index (κ2) is 5.76. The van der Waals surface area contributed by atoms with Gasteiger partial charge in [0.15, 0.2) is 0 Å². The summed E-state index contributed by atoms with van der Waals surface area (Å²) in [5.74, 6) is 0. The molecule has 1 N–H and O–H groups in total. The van der Waals surface area contributed by atoms with E-state index in [4.69, 9.17) is 11.6 Å². The predicted octanol–water partition coefficient (Wildman–Crippen LogP) is 2.95. The van der Waals surface area contributed by atoms with E-state index >= 15 is 0 Å². The molecule has 5 heteroatoms. The molecule has 21 heavy (non-hydrogen) atoms. The monoisotopic (exact) mass is 307 g/mol. The molecule has 3 rings (SSSR count). The summed E-state index contributed by atoms with van der Waals surface area (Å²) in [4.78, 5) is 16.2. The smallest absolute Gasteiger partial charge is 0.317 e. The highest BCUT2D eigenvalue weighted by Gasteiger charge is 2.28. The number of hydrogen-bond donors (Lipinski definition) is 1. The maximum Gasteiger partial charge on any atom is 0.317 e. The number of aryl methyl sites for hydroxylation is 2. The minimum Gasteiger partial charge on any atom is -0.367 e. The van der Waals surface area contributed by atoms with Gasteiger partial charge in [-0.25, -0.2) is 4.79 Å². The van der Waals surface area contributed by atoms with Crippen molar-refractivity contribution in [3.63, 3.8) is 0 Å². The average Bonchev–Trinajstić information content (AvgIpc) is 3.22. The summed E-state index contributed by atoms with van der Waals surface area (Å²) in [6.45, 7) is 7.33. The molecule has 1 aromatic carbocycles. The number of nitrogens with zero attached hydrogens (tertiary/aromatic N) is 2. The van der Waals surface area contributed by atoms with E-state index in [1.165, 1.54) is 11.1 Å². The van der Waals surface area contributed by atoms with Crippen molar-refractivity contribution < 1.29 is 4.79 Å². The molecule has 0 unspecified atom stereocenters. The SMILES string of the molecule is Cc1cc(C)c(N2CCN(C(=O)NC3CC3)CC2)c(Cl)c1. The fourth-order valence-electron chi connectivity index (χ4n) is 2.94. The minimum atomic E-state index is 0.0869. The van der Waals surface area contributed by atoms with E-state index in [0.29, 0.717) is 6.04 Å². The van der Waals surface area contributed by atoms with Crippen molar-refractivity contribution in [2.75, 3.05) is 31.1 Å². The van der Waals surface area contributed by atoms with E-state index in [1.54, 1.807) is 0 Å². The third-order valence-corrected chi connectivity index (χ3v) is 4.47. The Bertz CT molecular complexity index is 525. The van der Waals surface area contributed by atoms with Crippen molar-refractivity contribution in [1.29, 1.82) is 0 Å². The van der Waals surface area contributed by atoms with Gasteiger partial charge in [0.1, 0.15) is 0 Å². The van der Waals surface area contributed by atoms with Gasteiger partial charge in [0.05, 0.1) is 10.7 Å². The lowest BCUT2D eigenvalue weighted by molar-refractivity contribution is 0.194. The largest absolute Gasteiger partial charge is 0.367 e. The Morgan fingerprint density at radius 1 is 1.19 bits per heavy atom. The fraction of sp³-hybridized carbons (Fsp3) is 0.562. The van der Waals surface area contributed by atoms with Gasteiger partial charge < -0.3 is 15.1 Å². The highest BCUT2D eigenvalue weighted by Crippen LogP contribution is 2.31. The Kier molecular flexibility index (Phi) is 3.98. The van der Waals surface area contributed by atoms with Crippen LogP contribution in [0.3, 0.4) is 0 Å². The van der Waals surface area contributed by atoms with Crippen molar-refractivity contribution in [1.82, 2.24) is 10.2 Å². The number of rotatable bonds is 2. The molecule has 0 atom stereocenters. The van der Waals surface area contributed by atoms with Crippen LogP contribution in [0.2, 0.25) is 5.02 Å². The zero-order chi connectivity index (χ0) is 15.0. The van der Waals surface area contributed by atoms with Crippen LogP contribution in [-0.4, -0.2) is 43.2 Å². The minimum absolute atomic E-state index is 0.0869. The summed E-state index contributed by atoms with van der Waals surface area (Å²) in [5.41, 5.74) is 3.50. The van der Waals surface area contributed by atoms with E-state index in [0.717, 1.165) is 49.7 Å². The third-order valence-electron chi connectivity index (χ3n) is 4.19. The lowest BCUT2D eigenvalue weighted by Crippen LogP contribution is -2.52. The fourth-order valence-corrected chi connectivity index (χ4v) is 3.38. The van der Waals surface area contributed by atoms with Crippen LogP contribution in [0.1, 0.15) is 24.0 Å². The van der Waals surface area contributed by atoms with Gasteiger partial charge in [0, 0.05) is 32.2 Å². The second-order valence-corrected chi connectivity index (χ2v) is 6.52. The first-order valence-electron chi connectivity index (χ1n) is 7.62. The first-order valence-corrected chi connectivity index (χ1v) is 7.99. The zero-order valence-electron chi connectivity index (χ0n) is 12.7. The van der Waals surface area contributed by atoms with Crippen LogP contribution in [0.4, 0.5) is 10.5 Å². The number of anilines is 1. The average molecular weight is 308 g/mol. The van der Waals surface area contributed by atoms with Crippen LogP contribution < -0.4 is 10.2 Å². The number of urea groups is 1. The number of benzene rings is 1. The Morgan fingerprint density at radius 2 is 1.86 bits per heavy atom. The molecule has 1 saturated carbocycles. The summed E-state index contributed by atoms with van der Waals surface area (Å²) in [5, 5.41) is 3.86. The first-order chi connectivity index (χ1) is 10.0. The van der Waals surface area contributed by atoms with Gasteiger partial charge in [-0.1, -0.05) is 17.7 Å². The van der Waals surface area contributed by atoms with Crippen LogP contribution in [-0.2, 0) is 0 Å². The number of piperazine rings is 1. The predicted molar refractivity (Wildman–Crippen MR) is 86.3 cm³/mol.